The van der Waals surface area contributed by atoms with Crippen molar-refractivity contribution in [3.8, 4) is 11.3 Å². The summed E-state index contributed by atoms with van der Waals surface area (Å²) in [6, 6.07) is 10.2. The van der Waals surface area contributed by atoms with Crippen LogP contribution in [0.1, 0.15) is 67.5 Å². The summed E-state index contributed by atoms with van der Waals surface area (Å²) in [5.41, 5.74) is 4.01. The second-order valence-electron chi connectivity index (χ2n) is 10.2. The maximum atomic E-state index is 13.2. The minimum Gasteiger partial charge on any atom is -0.352 e. The number of aryl methyl sites for hydroxylation is 2. The van der Waals surface area contributed by atoms with Gasteiger partial charge in [0, 0.05) is 30.4 Å². The highest BCUT2D eigenvalue weighted by Gasteiger charge is 2.25. The van der Waals surface area contributed by atoms with Crippen molar-refractivity contribution < 1.29 is 9.59 Å². The summed E-state index contributed by atoms with van der Waals surface area (Å²) in [4.78, 5) is 33.0. The van der Waals surface area contributed by atoms with Gasteiger partial charge >= 0.3 is 0 Å². The van der Waals surface area contributed by atoms with Crippen LogP contribution in [0.2, 0.25) is 0 Å². The Bertz CT molecular complexity index is 1320. The van der Waals surface area contributed by atoms with Crippen LogP contribution >= 0.6 is 0 Å². The van der Waals surface area contributed by atoms with E-state index in [1.165, 1.54) is 11.8 Å². The molecule has 9 heteroatoms. The summed E-state index contributed by atoms with van der Waals surface area (Å²) in [6.07, 6.45) is 6.40. The lowest BCUT2D eigenvalue weighted by Gasteiger charge is -2.32. The van der Waals surface area contributed by atoms with E-state index >= 15 is 0 Å². The number of nitrogens with one attached hydrogen (secondary N) is 3. The molecule has 3 aromatic rings. The van der Waals surface area contributed by atoms with Crippen molar-refractivity contribution in [1.82, 2.24) is 30.0 Å². The minimum atomic E-state index is -0.602. The van der Waals surface area contributed by atoms with Gasteiger partial charge in [-0.15, -0.1) is 0 Å². The summed E-state index contributed by atoms with van der Waals surface area (Å²) >= 11 is 0. The van der Waals surface area contributed by atoms with Gasteiger partial charge in [0.1, 0.15) is 17.0 Å². The van der Waals surface area contributed by atoms with Crippen LogP contribution in [0.15, 0.2) is 42.6 Å². The van der Waals surface area contributed by atoms with Gasteiger partial charge in [-0.1, -0.05) is 49.8 Å². The molecule has 2 amide bonds. The Hall–Kier alpha value is -4.01. The highest BCUT2D eigenvalue weighted by Crippen LogP contribution is 2.20. The van der Waals surface area contributed by atoms with E-state index in [1.54, 1.807) is 22.7 Å². The smallest absolute Gasteiger partial charge is 0.272 e. The Balaban J connectivity index is 1.84. The molecule has 0 radical (unpaired) electrons. The van der Waals surface area contributed by atoms with Crippen LogP contribution in [0.3, 0.4) is 0 Å². The third kappa shape index (κ3) is 7.25. The van der Waals surface area contributed by atoms with Gasteiger partial charge in [0.15, 0.2) is 0 Å². The van der Waals surface area contributed by atoms with Gasteiger partial charge in [0.25, 0.3) is 5.91 Å². The second-order valence-corrected chi connectivity index (χ2v) is 10.2. The molecule has 0 saturated heterocycles. The number of hydrogen-bond acceptors (Lipinski definition) is 5. The van der Waals surface area contributed by atoms with Crippen molar-refractivity contribution in [3.05, 3.63) is 70.7 Å². The number of aromatic amines is 1. The molecule has 0 spiro atoms. The van der Waals surface area contributed by atoms with Gasteiger partial charge in [-0.2, -0.15) is 5.10 Å². The van der Waals surface area contributed by atoms with E-state index in [-0.39, 0.29) is 11.8 Å². The van der Waals surface area contributed by atoms with Gasteiger partial charge in [-0.3, -0.25) is 15.0 Å². The SMILES string of the molecule is Cc1ccc(-c2cc(C(C)C)c(=N)n(/C=C/CCN(CC(C)(C)NC=O)C(=O)c3cnc(C)[nH]3)n2)cc1. The van der Waals surface area contributed by atoms with Crippen molar-refractivity contribution in [2.24, 2.45) is 0 Å². The average molecular weight is 504 g/mol. The van der Waals surface area contributed by atoms with Crippen LogP contribution in [0.4, 0.5) is 0 Å². The Morgan fingerprint density at radius 2 is 1.95 bits per heavy atom. The lowest BCUT2D eigenvalue weighted by molar-refractivity contribution is -0.111. The molecule has 2 heterocycles. The van der Waals surface area contributed by atoms with Gasteiger partial charge < -0.3 is 15.2 Å². The average Bonchev–Trinajstić information content (AvgIpc) is 3.28. The molecule has 0 atom stereocenters. The van der Waals surface area contributed by atoms with Crippen molar-refractivity contribution in [3.63, 3.8) is 0 Å². The molecule has 1 aromatic carbocycles. The molecule has 3 rings (SSSR count). The van der Waals surface area contributed by atoms with E-state index in [0.717, 1.165) is 16.8 Å². The quantitative estimate of drug-likeness (QED) is 0.342. The lowest BCUT2D eigenvalue weighted by Crippen LogP contribution is -2.50. The Kier molecular flexibility index (Phi) is 8.81. The van der Waals surface area contributed by atoms with E-state index in [4.69, 9.17) is 10.5 Å². The molecular weight excluding hydrogens is 466 g/mol. The molecule has 0 aliphatic rings. The summed E-state index contributed by atoms with van der Waals surface area (Å²) in [6.45, 7) is 12.4. The number of benzene rings is 1. The number of imidazole rings is 1. The molecule has 0 fully saturated rings. The molecule has 3 N–H and O–H groups in total. The monoisotopic (exact) mass is 503 g/mol. The van der Waals surface area contributed by atoms with Gasteiger partial charge in [0.2, 0.25) is 6.41 Å². The van der Waals surface area contributed by atoms with Crippen LogP contribution in [-0.4, -0.2) is 55.6 Å². The first-order chi connectivity index (χ1) is 17.5. The third-order valence-corrected chi connectivity index (χ3v) is 6.05. The number of nitrogens with zero attached hydrogens (tertiary/aromatic N) is 4. The van der Waals surface area contributed by atoms with Crippen molar-refractivity contribution in [1.29, 1.82) is 5.41 Å². The first-order valence-electron chi connectivity index (χ1n) is 12.4. The Morgan fingerprint density at radius 1 is 1.24 bits per heavy atom. The number of rotatable bonds is 11. The number of aromatic nitrogens is 4. The number of hydrogen-bond donors (Lipinski definition) is 3. The fourth-order valence-corrected chi connectivity index (χ4v) is 4.00. The third-order valence-electron chi connectivity index (χ3n) is 6.05. The fraction of sp³-hybridized carbons (Fsp3) is 0.393. The topological polar surface area (TPSA) is 120 Å². The maximum absolute atomic E-state index is 13.2. The zero-order chi connectivity index (χ0) is 27.2. The molecule has 2 aromatic heterocycles. The van der Waals surface area contributed by atoms with Gasteiger partial charge in [0.05, 0.1) is 17.4 Å². The number of amides is 2. The highest BCUT2D eigenvalue weighted by atomic mass is 16.2. The largest absolute Gasteiger partial charge is 0.352 e. The normalized spacial score (nSPS) is 11.8. The lowest BCUT2D eigenvalue weighted by atomic mass is 10.0. The molecule has 0 saturated carbocycles. The van der Waals surface area contributed by atoms with Crippen LogP contribution in [-0.2, 0) is 4.79 Å². The molecule has 0 bridgehead atoms. The van der Waals surface area contributed by atoms with Crippen molar-refractivity contribution in [2.45, 2.75) is 59.4 Å². The van der Waals surface area contributed by atoms with Crippen molar-refractivity contribution in [2.75, 3.05) is 13.1 Å². The van der Waals surface area contributed by atoms with Crippen LogP contribution in [0.5, 0.6) is 0 Å². The standard InChI is InChI=1S/C28H37N7O2/c1-19(2)23-15-24(22-11-9-20(3)10-12-22)33-35(26(23)29)14-8-7-13-34(17-28(5,6)31-18-36)27(37)25-16-30-21(4)32-25/h8-12,14-16,18-19,29H,7,13,17H2,1-6H3,(H,30,32)(H,31,36)/b14-8+,29-26?. The number of H-pyrrole nitrogens is 1. The maximum Gasteiger partial charge on any atom is 0.272 e. The molecule has 0 unspecified atom stereocenters. The van der Waals surface area contributed by atoms with Crippen LogP contribution in [0, 0.1) is 19.3 Å². The summed E-state index contributed by atoms with van der Waals surface area (Å²) in [7, 11) is 0. The summed E-state index contributed by atoms with van der Waals surface area (Å²) in [5, 5.41) is 16.1. The van der Waals surface area contributed by atoms with E-state index in [9.17, 15) is 9.59 Å². The molecular formula is C28H37N7O2. The molecule has 0 aliphatic heterocycles. The van der Waals surface area contributed by atoms with Crippen molar-refractivity contribution >= 4 is 18.5 Å². The Labute approximate surface area is 218 Å². The zero-order valence-electron chi connectivity index (χ0n) is 22.5. The van der Waals surface area contributed by atoms with E-state index in [1.807, 2.05) is 45.0 Å². The van der Waals surface area contributed by atoms with Gasteiger partial charge in [-0.25, -0.2) is 9.67 Å². The highest BCUT2D eigenvalue weighted by molar-refractivity contribution is 5.92. The van der Waals surface area contributed by atoms with Crippen LogP contribution in [0.25, 0.3) is 17.5 Å². The summed E-state index contributed by atoms with van der Waals surface area (Å²) < 4.78 is 1.59. The Morgan fingerprint density at radius 3 is 2.54 bits per heavy atom. The molecule has 9 nitrogen and oxygen atoms in total. The number of carbonyl (C=O) groups is 2. The van der Waals surface area contributed by atoms with E-state index < -0.39 is 5.54 Å². The van der Waals surface area contributed by atoms with E-state index in [2.05, 4.69) is 41.3 Å². The summed E-state index contributed by atoms with van der Waals surface area (Å²) in [5.74, 6) is 0.636. The molecule has 37 heavy (non-hydrogen) atoms. The van der Waals surface area contributed by atoms with Crippen LogP contribution < -0.4 is 10.8 Å². The first-order valence-corrected chi connectivity index (χ1v) is 12.4. The first kappa shape index (κ1) is 27.6. The zero-order valence-corrected chi connectivity index (χ0v) is 22.5. The molecule has 0 aliphatic carbocycles. The molecule has 196 valence electrons. The number of carbonyl (C=O) groups excluding carboxylic acids is 2. The predicted octanol–water partition coefficient (Wildman–Crippen LogP) is 4.02. The second kappa shape index (κ2) is 11.8. The fourth-order valence-electron chi connectivity index (χ4n) is 4.00. The predicted molar refractivity (Wildman–Crippen MR) is 145 cm³/mol. The van der Waals surface area contributed by atoms with Gasteiger partial charge in [-0.05, 0) is 46.1 Å². The minimum absolute atomic E-state index is 0.165. The van der Waals surface area contributed by atoms with E-state index in [0.29, 0.717) is 42.9 Å².